The van der Waals surface area contributed by atoms with Gasteiger partial charge in [-0.2, -0.15) is 0 Å². The highest BCUT2D eigenvalue weighted by Gasteiger charge is 2.22. The second kappa shape index (κ2) is 8.44. The number of hydrogen-bond acceptors (Lipinski definition) is 4. The van der Waals surface area contributed by atoms with E-state index in [-0.39, 0.29) is 6.03 Å². The minimum Gasteiger partial charge on any atom is -0.383 e. The number of ether oxygens (including phenoxy) is 1. The molecule has 6 heteroatoms. The average molecular weight is 284 g/mol. The molecule has 0 bridgehead atoms. The fourth-order valence-corrected chi connectivity index (χ4v) is 2.88. The summed E-state index contributed by atoms with van der Waals surface area (Å²) in [5.74, 6) is 0.790. The number of methoxy groups -OCH3 is 1. The lowest BCUT2D eigenvalue weighted by molar-refractivity contribution is 0.159. The Morgan fingerprint density at radius 1 is 1.30 bits per heavy atom. The van der Waals surface area contributed by atoms with Crippen LogP contribution in [0.4, 0.5) is 4.79 Å². The summed E-state index contributed by atoms with van der Waals surface area (Å²) in [7, 11) is 1.74. The molecule has 0 saturated carbocycles. The maximum atomic E-state index is 11.4. The Morgan fingerprint density at radius 3 is 2.75 bits per heavy atom. The Kier molecular flexibility index (Phi) is 6.56. The van der Waals surface area contributed by atoms with Crippen molar-refractivity contribution in [3.05, 3.63) is 0 Å². The van der Waals surface area contributed by atoms with E-state index in [1.54, 1.807) is 7.11 Å². The summed E-state index contributed by atoms with van der Waals surface area (Å²) in [6.45, 7) is 8.69. The summed E-state index contributed by atoms with van der Waals surface area (Å²) in [5.41, 5.74) is 0. The standard InChI is InChI=1S/C14H28N4O2/c1-20-11-5-15-12-13-2-6-17(7-3-13)9-10-18-8-4-16-14(18)19/h13,15H,2-12H2,1H3,(H,16,19). The van der Waals surface area contributed by atoms with Gasteiger partial charge in [-0.3, -0.25) is 0 Å². The van der Waals surface area contributed by atoms with Gasteiger partial charge in [-0.05, 0) is 38.4 Å². The summed E-state index contributed by atoms with van der Waals surface area (Å²) in [6, 6.07) is 0.0993. The lowest BCUT2D eigenvalue weighted by Gasteiger charge is -2.32. The van der Waals surface area contributed by atoms with E-state index in [0.29, 0.717) is 0 Å². The molecule has 116 valence electrons. The van der Waals surface area contributed by atoms with Gasteiger partial charge in [0.15, 0.2) is 0 Å². The Balaban J connectivity index is 1.54. The van der Waals surface area contributed by atoms with Crippen molar-refractivity contribution in [3.63, 3.8) is 0 Å². The van der Waals surface area contributed by atoms with E-state index in [4.69, 9.17) is 4.74 Å². The molecule has 6 nitrogen and oxygen atoms in total. The molecule has 0 radical (unpaired) electrons. The van der Waals surface area contributed by atoms with Gasteiger partial charge >= 0.3 is 6.03 Å². The normalized spacial score (nSPS) is 21.4. The summed E-state index contributed by atoms with van der Waals surface area (Å²) in [6.07, 6.45) is 2.51. The molecule has 20 heavy (non-hydrogen) atoms. The predicted octanol–water partition coefficient (Wildman–Crippen LogP) is -0.0404. The largest absolute Gasteiger partial charge is 0.383 e. The van der Waals surface area contributed by atoms with Gasteiger partial charge in [0.1, 0.15) is 0 Å². The maximum absolute atomic E-state index is 11.4. The van der Waals surface area contributed by atoms with Crippen molar-refractivity contribution in [1.29, 1.82) is 0 Å². The van der Waals surface area contributed by atoms with Crippen LogP contribution in [-0.2, 0) is 4.74 Å². The molecule has 2 aliphatic rings. The number of nitrogens with one attached hydrogen (secondary N) is 2. The Labute approximate surface area is 121 Å². The molecule has 2 heterocycles. The van der Waals surface area contributed by atoms with Crippen LogP contribution in [0, 0.1) is 5.92 Å². The van der Waals surface area contributed by atoms with Crippen LogP contribution in [0.1, 0.15) is 12.8 Å². The van der Waals surface area contributed by atoms with E-state index >= 15 is 0 Å². The average Bonchev–Trinajstić information content (AvgIpc) is 2.88. The van der Waals surface area contributed by atoms with Crippen LogP contribution in [0.25, 0.3) is 0 Å². The first-order valence-electron chi connectivity index (χ1n) is 7.74. The third-order valence-electron chi connectivity index (χ3n) is 4.25. The first-order valence-corrected chi connectivity index (χ1v) is 7.74. The Morgan fingerprint density at radius 2 is 2.10 bits per heavy atom. The molecular formula is C14H28N4O2. The summed E-state index contributed by atoms with van der Waals surface area (Å²) < 4.78 is 5.03. The van der Waals surface area contributed by atoms with Crippen molar-refractivity contribution in [2.75, 3.05) is 66.1 Å². The number of rotatable bonds is 8. The van der Waals surface area contributed by atoms with Crippen LogP contribution < -0.4 is 10.6 Å². The SMILES string of the molecule is COCCNCC1CCN(CCN2CCNC2=O)CC1. The molecule has 2 rings (SSSR count). The third kappa shape index (κ3) is 4.92. The topological polar surface area (TPSA) is 56.8 Å². The van der Waals surface area contributed by atoms with Crippen molar-refractivity contribution >= 4 is 6.03 Å². The van der Waals surface area contributed by atoms with Crippen molar-refractivity contribution in [1.82, 2.24) is 20.4 Å². The van der Waals surface area contributed by atoms with Crippen LogP contribution in [0.2, 0.25) is 0 Å². The minimum absolute atomic E-state index is 0.0993. The van der Waals surface area contributed by atoms with Gasteiger partial charge in [0.05, 0.1) is 6.61 Å². The molecule has 2 amide bonds. The fourth-order valence-electron chi connectivity index (χ4n) is 2.88. The van der Waals surface area contributed by atoms with E-state index in [1.165, 1.54) is 12.8 Å². The van der Waals surface area contributed by atoms with Crippen molar-refractivity contribution < 1.29 is 9.53 Å². The summed E-state index contributed by atoms with van der Waals surface area (Å²) in [5, 5.41) is 6.30. The number of amides is 2. The van der Waals surface area contributed by atoms with Gasteiger partial charge in [0.2, 0.25) is 0 Å². The van der Waals surface area contributed by atoms with Crippen molar-refractivity contribution in [2.45, 2.75) is 12.8 Å². The zero-order valence-corrected chi connectivity index (χ0v) is 12.6. The predicted molar refractivity (Wildman–Crippen MR) is 78.9 cm³/mol. The first-order chi connectivity index (χ1) is 9.79. The molecule has 2 N–H and O–H groups in total. The molecule has 2 saturated heterocycles. The van der Waals surface area contributed by atoms with Gasteiger partial charge in [-0.1, -0.05) is 0 Å². The monoisotopic (exact) mass is 284 g/mol. The number of hydrogen-bond donors (Lipinski definition) is 2. The van der Waals surface area contributed by atoms with Crippen LogP contribution in [0.3, 0.4) is 0 Å². The smallest absolute Gasteiger partial charge is 0.317 e. The van der Waals surface area contributed by atoms with Crippen LogP contribution in [0.5, 0.6) is 0 Å². The fraction of sp³-hybridized carbons (Fsp3) is 0.929. The zero-order valence-electron chi connectivity index (χ0n) is 12.6. The molecule has 0 aromatic carbocycles. The molecule has 0 aliphatic carbocycles. The molecular weight excluding hydrogens is 256 g/mol. The van der Waals surface area contributed by atoms with Gasteiger partial charge in [-0.15, -0.1) is 0 Å². The summed E-state index contributed by atoms with van der Waals surface area (Å²) in [4.78, 5) is 15.8. The molecule has 0 unspecified atom stereocenters. The maximum Gasteiger partial charge on any atom is 0.317 e. The van der Waals surface area contributed by atoms with Gasteiger partial charge in [0.25, 0.3) is 0 Å². The van der Waals surface area contributed by atoms with Gasteiger partial charge < -0.3 is 25.2 Å². The minimum atomic E-state index is 0.0993. The van der Waals surface area contributed by atoms with Crippen LogP contribution in [-0.4, -0.2) is 81.9 Å². The van der Waals surface area contributed by atoms with E-state index in [2.05, 4.69) is 15.5 Å². The van der Waals surface area contributed by atoms with Crippen molar-refractivity contribution in [3.8, 4) is 0 Å². The second-order valence-corrected chi connectivity index (χ2v) is 5.70. The van der Waals surface area contributed by atoms with E-state index < -0.39 is 0 Å². The number of urea groups is 1. The molecule has 0 spiro atoms. The second-order valence-electron chi connectivity index (χ2n) is 5.70. The Hall–Kier alpha value is -0.850. The van der Waals surface area contributed by atoms with E-state index in [0.717, 1.165) is 64.9 Å². The Bertz CT molecular complexity index is 293. The highest BCUT2D eigenvalue weighted by atomic mass is 16.5. The van der Waals surface area contributed by atoms with Gasteiger partial charge in [0, 0.05) is 39.8 Å². The highest BCUT2D eigenvalue weighted by molar-refractivity contribution is 5.76. The number of nitrogens with zero attached hydrogens (tertiary/aromatic N) is 2. The molecule has 2 fully saturated rings. The molecule has 0 atom stereocenters. The first kappa shape index (κ1) is 15.5. The highest BCUT2D eigenvalue weighted by Crippen LogP contribution is 2.16. The third-order valence-corrected chi connectivity index (χ3v) is 4.25. The van der Waals surface area contributed by atoms with Crippen LogP contribution in [0.15, 0.2) is 0 Å². The number of carbonyl (C=O) groups is 1. The number of likely N-dealkylation sites (tertiary alicyclic amines) is 1. The molecule has 0 aromatic rings. The summed E-state index contributed by atoms with van der Waals surface area (Å²) >= 11 is 0. The number of carbonyl (C=O) groups excluding carboxylic acids is 1. The van der Waals surface area contributed by atoms with Gasteiger partial charge in [-0.25, -0.2) is 4.79 Å². The lowest BCUT2D eigenvalue weighted by Crippen LogP contribution is -2.42. The van der Waals surface area contributed by atoms with Crippen molar-refractivity contribution in [2.24, 2.45) is 5.92 Å². The lowest BCUT2D eigenvalue weighted by atomic mass is 9.97. The van der Waals surface area contributed by atoms with E-state index in [1.807, 2.05) is 4.90 Å². The van der Waals surface area contributed by atoms with Crippen LogP contribution >= 0.6 is 0 Å². The zero-order chi connectivity index (χ0) is 14.2. The van der Waals surface area contributed by atoms with E-state index in [9.17, 15) is 4.79 Å². The molecule has 2 aliphatic heterocycles. The molecule has 0 aromatic heterocycles. The quantitative estimate of drug-likeness (QED) is 0.614. The number of piperidine rings is 1.